The van der Waals surface area contributed by atoms with Gasteiger partial charge in [-0.15, -0.1) is 0 Å². The molecule has 0 spiro atoms. The van der Waals surface area contributed by atoms with Gasteiger partial charge in [0.25, 0.3) is 10.1 Å². The molecule has 0 amide bonds. The molecule has 0 aromatic rings. The van der Waals surface area contributed by atoms with Gasteiger partial charge in [0.1, 0.15) is 6.61 Å². The number of ether oxygens (including phenoxy) is 1. The standard InChI is InChI=1S/C11H16O6S/c1-18(14,15)17-8-7-11(16-9-10(12)13)5-3-2-4-6-11/h2-5H,6-9H2,1H3,(H,12,13). The van der Waals surface area contributed by atoms with Gasteiger partial charge in [-0.05, 0) is 6.42 Å². The molecule has 1 rings (SSSR count). The highest BCUT2D eigenvalue weighted by Gasteiger charge is 2.29. The summed E-state index contributed by atoms with van der Waals surface area (Å²) in [5, 5.41) is 8.62. The molecule has 0 radical (unpaired) electrons. The van der Waals surface area contributed by atoms with Crippen LogP contribution in [0.3, 0.4) is 0 Å². The Labute approximate surface area is 106 Å². The predicted molar refractivity (Wildman–Crippen MR) is 64.6 cm³/mol. The molecule has 7 heteroatoms. The second-order valence-corrected chi connectivity index (χ2v) is 5.66. The number of carbonyl (C=O) groups is 1. The highest BCUT2D eigenvalue weighted by Crippen LogP contribution is 2.26. The van der Waals surface area contributed by atoms with Gasteiger partial charge in [-0.25, -0.2) is 4.79 Å². The monoisotopic (exact) mass is 276 g/mol. The minimum atomic E-state index is -3.50. The van der Waals surface area contributed by atoms with Gasteiger partial charge in [0.2, 0.25) is 0 Å². The van der Waals surface area contributed by atoms with Gasteiger partial charge in [-0.1, -0.05) is 24.3 Å². The Morgan fingerprint density at radius 2 is 2.17 bits per heavy atom. The van der Waals surface area contributed by atoms with E-state index in [0.717, 1.165) is 6.26 Å². The molecule has 1 aliphatic rings. The SMILES string of the molecule is CS(=O)(=O)OCCC1(OCC(=O)O)C=CC=CC1. The average Bonchev–Trinajstić information content (AvgIpc) is 2.26. The molecule has 1 unspecified atom stereocenters. The fourth-order valence-electron chi connectivity index (χ4n) is 1.58. The fraction of sp³-hybridized carbons (Fsp3) is 0.545. The average molecular weight is 276 g/mol. The van der Waals surface area contributed by atoms with Gasteiger partial charge >= 0.3 is 5.97 Å². The van der Waals surface area contributed by atoms with Crippen LogP contribution in [-0.2, 0) is 23.8 Å². The summed E-state index contributed by atoms with van der Waals surface area (Å²) in [5.41, 5.74) is -0.808. The summed E-state index contributed by atoms with van der Waals surface area (Å²) in [7, 11) is -3.50. The lowest BCUT2D eigenvalue weighted by atomic mass is 9.92. The van der Waals surface area contributed by atoms with Gasteiger partial charge in [-0.2, -0.15) is 8.42 Å². The normalized spacial score (nSPS) is 23.2. The highest BCUT2D eigenvalue weighted by molar-refractivity contribution is 7.85. The van der Waals surface area contributed by atoms with Gasteiger partial charge in [0, 0.05) is 6.42 Å². The lowest BCUT2D eigenvalue weighted by Gasteiger charge is -2.30. The van der Waals surface area contributed by atoms with Gasteiger partial charge < -0.3 is 9.84 Å². The Hall–Kier alpha value is -1.18. The topological polar surface area (TPSA) is 89.9 Å². The highest BCUT2D eigenvalue weighted by atomic mass is 32.2. The maximum absolute atomic E-state index is 10.9. The first-order chi connectivity index (χ1) is 8.33. The number of hydrogen-bond acceptors (Lipinski definition) is 5. The quantitative estimate of drug-likeness (QED) is 0.689. The van der Waals surface area contributed by atoms with E-state index in [1.54, 1.807) is 12.2 Å². The van der Waals surface area contributed by atoms with E-state index in [2.05, 4.69) is 4.18 Å². The third-order valence-electron chi connectivity index (χ3n) is 2.42. The van der Waals surface area contributed by atoms with Crippen molar-refractivity contribution in [1.82, 2.24) is 0 Å². The van der Waals surface area contributed by atoms with E-state index in [1.165, 1.54) is 0 Å². The largest absolute Gasteiger partial charge is 0.480 e. The Morgan fingerprint density at radius 1 is 1.44 bits per heavy atom. The van der Waals surface area contributed by atoms with Crippen LogP contribution in [0.15, 0.2) is 24.3 Å². The number of carboxylic acid groups (broad SMARTS) is 1. The molecule has 0 aromatic carbocycles. The van der Waals surface area contributed by atoms with Crippen molar-refractivity contribution < 1.29 is 27.2 Å². The first-order valence-electron chi connectivity index (χ1n) is 5.38. The molecule has 0 saturated carbocycles. The molecule has 102 valence electrons. The first kappa shape index (κ1) is 14.9. The van der Waals surface area contributed by atoms with Crippen molar-refractivity contribution in [3.05, 3.63) is 24.3 Å². The van der Waals surface area contributed by atoms with Crippen LogP contribution in [0, 0.1) is 0 Å². The molecule has 1 atom stereocenters. The number of carboxylic acids is 1. The molecule has 0 fully saturated rings. The first-order valence-corrected chi connectivity index (χ1v) is 7.19. The lowest BCUT2D eigenvalue weighted by Crippen LogP contribution is -2.34. The summed E-state index contributed by atoms with van der Waals surface area (Å²) >= 11 is 0. The van der Waals surface area contributed by atoms with Crippen LogP contribution in [0.4, 0.5) is 0 Å². The third kappa shape index (κ3) is 5.44. The summed E-state index contributed by atoms with van der Waals surface area (Å²) in [6.45, 7) is -0.478. The van der Waals surface area contributed by atoms with E-state index in [0.29, 0.717) is 6.42 Å². The van der Waals surface area contributed by atoms with E-state index in [9.17, 15) is 13.2 Å². The molecule has 0 saturated heterocycles. The van der Waals surface area contributed by atoms with E-state index in [-0.39, 0.29) is 13.0 Å². The molecule has 18 heavy (non-hydrogen) atoms. The Balaban J connectivity index is 2.58. The number of rotatable bonds is 7. The number of allylic oxidation sites excluding steroid dienone is 2. The summed E-state index contributed by atoms with van der Waals surface area (Å²) in [5.74, 6) is -1.07. The van der Waals surface area contributed by atoms with Crippen LogP contribution >= 0.6 is 0 Å². The van der Waals surface area contributed by atoms with E-state index in [4.69, 9.17) is 9.84 Å². The van der Waals surface area contributed by atoms with E-state index >= 15 is 0 Å². The van der Waals surface area contributed by atoms with E-state index in [1.807, 2.05) is 12.2 Å². The molecule has 1 aliphatic carbocycles. The molecule has 0 bridgehead atoms. The zero-order chi connectivity index (χ0) is 13.6. The van der Waals surface area contributed by atoms with Crippen LogP contribution in [0.1, 0.15) is 12.8 Å². The molecular weight excluding hydrogens is 260 g/mol. The van der Waals surface area contributed by atoms with Crippen molar-refractivity contribution >= 4 is 16.1 Å². The van der Waals surface area contributed by atoms with Crippen molar-refractivity contribution in [1.29, 1.82) is 0 Å². The molecule has 0 heterocycles. The summed E-state index contributed by atoms with van der Waals surface area (Å²) in [6, 6.07) is 0. The van der Waals surface area contributed by atoms with Crippen molar-refractivity contribution in [3.63, 3.8) is 0 Å². The zero-order valence-corrected chi connectivity index (χ0v) is 10.9. The number of aliphatic carboxylic acids is 1. The van der Waals surface area contributed by atoms with Crippen LogP contribution < -0.4 is 0 Å². The van der Waals surface area contributed by atoms with Crippen molar-refractivity contribution in [3.8, 4) is 0 Å². The molecule has 1 N–H and O–H groups in total. The van der Waals surface area contributed by atoms with Crippen LogP contribution in [0.5, 0.6) is 0 Å². The third-order valence-corrected chi connectivity index (χ3v) is 3.01. The summed E-state index contributed by atoms with van der Waals surface area (Å²) in [4.78, 5) is 10.5. The predicted octanol–water partition coefficient (Wildman–Crippen LogP) is 0.709. The Morgan fingerprint density at radius 3 is 2.67 bits per heavy atom. The minimum absolute atomic E-state index is 0.0450. The maximum Gasteiger partial charge on any atom is 0.329 e. The molecular formula is C11H16O6S. The molecule has 0 aliphatic heterocycles. The second kappa shape index (κ2) is 6.12. The van der Waals surface area contributed by atoms with Crippen LogP contribution in [0.2, 0.25) is 0 Å². The number of hydrogen-bond donors (Lipinski definition) is 1. The summed E-state index contributed by atoms with van der Waals surface area (Å²) in [6.07, 6.45) is 8.85. The van der Waals surface area contributed by atoms with E-state index < -0.39 is 28.3 Å². The fourth-order valence-corrected chi connectivity index (χ4v) is 1.97. The molecule has 6 nitrogen and oxygen atoms in total. The van der Waals surface area contributed by atoms with Gasteiger partial charge in [-0.3, -0.25) is 4.18 Å². The minimum Gasteiger partial charge on any atom is -0.480 e. The van der Waals surface area contributed by atoms with Crippen LogP contribution in [0.25, 0.3) is 0 Å². The van der Waals surface area contributed by atoms with Gasteiger partial charge in [0.05, 0.1) is 18.5 Å². The van der Waals surface area contributed by atoms with Crippen molar-refractivity contribution in [2.75, 3.05) is 19.5 Å². The van der Waals surface area contributed by atoms with Crippen molar-refractivity contribution in [2.24, 2.45) is 0 Å². The smallest absolute Gasteiger partial charge is 0.329 e. The second-order valence-electron chi connectivity index (χ2n) is 4.01. The van der Waals surface area contributed by atoms with Gasteiger partial charge in [0.15, 0.2) is 0 Å². The lowest BCUT2D eigenvalue weighted by molar-refractivity contribution is -0.147. The molecule has 0 aromatic heterocycles. The van der Waals surface area contributed by atoms with Crippen molar-refractivity contribution in [2.45, 2.75) is 18.4 Å². The summed E-state index contributed by atoms with van der Waals surface area (Å²) < 4.78 is 31.7. The van der Waals surface area contributed by atoms with Crippen LogP contribution in [-0.4, -0.2) is 44.6 Å². The Kier molecular flexibility index (Phi) is 5.06. The zero-order valence-electron chi connectivity index (χ0n) is 10.0. The maximum atomic E-state index is 10.9. The Bertz CT molecular complexity index is 450.